The van der Waals surface area contributed by atoms with E-state index < -0.39 is 0 Å². The third kappa shape index (κ3) is 3.99. The van der Waals surface area contributed by atoms with E-state index >= 15 is 0 Å². The van der Waals surface area contributed by atoms with E-state index in [1.165, 1.54) is 0 Å². The summed E-state index contributed by atoms with van der Waals surface area (Å²) in [5.74, 6) is -0.00191. The summed E-state index contributed by atoms with van der Waals surface area (Å²) in [4.78, 5) is 25.2. The number of nitrogens with one attached hydrogen (secondary N) is 1. The first-order valence-electron chi connectivity index (χ1n) is 9.57. The quantitative estimate of drug-likeness (QED) is 0.639. The maximum Gasteiger partial charge on any atom is 0.339 e. The summed E-state index contributed by atoms with van der Waals surface area (Å²) in [6, 6.07) is 22.0. The zero-order chi connectivity index (χ0) is 20.2. The molecule has 1 aliphatic heterocycles. The van der Waals surface area contributed by atoms with E-state index in [4.69, 9.17) is 9.47 Å². The van der Waals surface area contributed by atoms with Gasteiger partial charge in [0.1, 0.15) is 11.9 Å². The van der Waals surface area contributed by atoms with Crippen LogP contribution in [0.1, 0.15) is 44.9 Å². The van der Waals surface area contributed by atoms with Gasteiger partial charge in [-0.2, -0.15) is 0 Å². The molecule has 0 bridgehead atoms. The Morgan fingerprint density at radius 1 is 1.07 bits per heavy atom. The molecular formula is C24H21NO4. The van der Waals surface area contributed by atoms with Gasteiger partial charge in [-0.25, -0.2) is 4.79 Å². The molecule has 4 rings (SSSR count). The summed E-state index contributed by atoms with van der Waals surface area (Å²) in [7, 11) is 0. The molecule has 1 unspecified atom stereocenters. The average Bonchev–Trinajstić information content (AvgIpc) is 2.75. The minimum Gasteiger partial charge on any atom is -0.492 e. The van der Waals surface area contributed by atoms with Crippen LogP contribution in [0.25, 0.3) is 0 Å². The summed E-state index contributed by atoms with van der Waals surface area (Å²) >= 11 is 0. The molecule has 1 N–H and O–H groups in total. The third-order valence-electron chi connectivity index (χ3n) is 4.85. The van der Waals surface area contributed by atoms with Crippen molar-refractivity contribution in [3.05, 3.63) is 95.1 Å². The molecule has 1 atom stereocenters. The number of hydrogen-bond donors (Lipinski definition) is 1. The van der Waals surface area contributed by atoms with Gasteiger partial charge in [-0.3, -0.25) is 4.79 Å². The van der Waals surface area contributed by atoms with Crippen molar-refractivity contribution in [2.75, 3.05) is 11.9 Å². The molecule has 29 heavy (non-hydrogen) atoms. The number of cyclic esters (lactones) is 1. The zero-order valence-electron chi connectivity index (χ0n) is 16.1. The number of para-hydroxylation sites is 2. The maximum absolute atomic E-state index is 12.8. The fourth-order valence-electron chi connectivity index (χ4n) is 3.44. The zero-order valence-corrected chi connectivity index (χ0v) is 16.1. The molecule has 0 radical (unpaired) electrons. The molecule has 0 saturated heterocycles. The molecule has 3 aromatic rings. The van der Waals surface area contributed by atoms with Gasteiger partial charge in [0.2, 0.25) is 0 Å². The Labute approximate surface area is 169 Å². The number of rotatable bonds is 5. The van der Waals surface area contributed by atoms with Crippen molar-refractivity contribution in [2.24, 2.45) is 0 Å². The van der Waals surface area contributed by atoms with E-state index in [1.54, 1.807) is 24.3 Å². The van der Waals surface area contributed by atoms with E-state index in [0.717, 1.165) is 11.1 Å². The van der Waals surface area contributed by atoms with Gasteiger partial charge in [0, 0.05) is 12.0 Å². The predicted molar refractivity (Wildman–Crippen MR) is 110 cm³/mol. The highest BCUT2D eigenvalue weighted by molar-refractivity contribution is 6.06. The predicted octanol–water partition coefficient (Wildman–Crippen LogP) is 4.79. The number of anilines is 1. The van der Waals surface area contributed by atoms with Gasteiger partial charge < -0.3 is 14.8 Å². The maximum atomic E-state index is 12.8. The van der Waals surface area contributed by atoms with Gasteiger partial charge >= 0.3 is 5.97 Å². The van der Waals surface area contributed by atoms with E-state index in [2.05, 4.69) is 5.32 Å². The number of esters is 1. The number of carbonyl (C=O) groups excluding carboxylic acids is 2. The van der Waals surface area contributed by atoms with Crippen LogP contribution >= 0.6 is 0 Å². The molecule has 0 aromatic heterocycles. The molecule has 1 heterocycles. The van der Waals surface area contributed by atoms with Crippen LogP contribution in [0.4, 0.5) is 5.69 Å². The van der Waals surface area contributed by atoms with Crippen LogP contribution in [0.5, 0.6) is 5.75 Å². The second-order valence-corrected chi connectivity index (χ2v) is 6.76. The topological polar surface area (TPSA) is 64.6 Å². The SMILES string of the molecule is CCOc1ccccc1NC(=O)c1ccc2c(c1)CC(c1ccccc1)OC2=O. The number of fused-ring (bicyclic) bond motifs is 1. The van der Waals surface area contributed by atoms with E-state index in [1.807, 2.05) is 55.5 Å². The Kier molecular flexibility index (Phi) is 5.29. The van der Waals surface area contributed by atoms with Gasteiger partial charge in [0.05, 0.1) is 17.9 Å². The Morgan fingerprint density at radius 2 is 1.83 bits per heavy atom. The summed E-state index contributed by atoms with van der Waals surface area (Å²) in [6.07, 6.45) is 0.176. The second kappa shape index (κ2) is 8.19. The van der Waals surface area contributed by atoms with Crippen LogP contribution in [-0.2, 0) is 11.2 Å². The molecule has 0 fully saturated rings. The van der Waals surface area contributed by atoms with E-state index in [0.29, 0.717) is 35.6 Å². The van der Waals surface area contributed by atoms with Gasteiger partial charge in [-0.15, -0.1) is 0 Å². The fraction of sp³-hybridized carbons (Fsp3) is 0.167. The summed E-state index contributed by atoms with van der Waals surface area (Å²) in [5, 5.41) is 2.89. The number of benzene rings is 3. The van der Waals surface area contributed by atoms with Crippen molar-refractivity contribution >= 4 is 17.6 Å². The monoisotopic (exact) mass is 387 g/mol. The third-order valence-corrected chi connectivity index (χ3v) is 4.85. The molecular weight excluding hydrogens is 366 g/mol. The molecule has 1 amide bonds. The van der Waals surface area contributed by atoms with Crippen LogP contribution in [0.3, 0.4) is 0 Å². The standard InChI is InChI=1S/C24H21NO4/c1-2-28-21-11-7-6-10-20(21)25-23(26)17-12-13-19-18(14-17)15-22(29-24(19)27)16-8-4-3-5-9-16/h3-14,22H,2,15H2,1H3,(H,25,26). The molecule has 0 aliphatic carbocycles. The lowest BCUT2D eigenvalue weighted by molar-refractivity contribution is 0.0252. The van der Waals surface area contributed by atoms with Crippen LogP contribution < -0.4 is 10.1 Å². The van der Waals surface area contributed by atoms with Crippen molar-refractivity contribution in [3.63, 3.8) is 0 Å². The van der Waals surface area contributed by atoms with Crippen LogP contribution in [0.15, 0.2) is 72.8 Å². The van der Waals surface area contributed by atoms with Crippen molar-refractivity contribution in [1.29, 1.82) is 0 Å². The first-order chi connectivity index (χ1) is 14.2. The Balaban J connectivity index is 1.58. The molecule has 1 aliphatic rings. The highest BCUT2D eigenvalue weighted by Crippen LogP contribution is 2.31. The summed E-state index contributed by atoms with van der Waals surface area (Å²) in [6.45, 7) is 2.40. The Morgan fingerprint density at radius 3 is 2.62 bits per heavy atom. The van der Waals surface area contributed by atoms with E-state index in [9.17, 15) is 9.59 Å². The molecule has 3 aromatic carbocycles. The normalized spacial score (nSPS) is 15.2. The largest absolute Gasteiger partial charge is 0.492 e. The molecule has 0 spiro atoms. The second-order valence-electron chi connectivity index (χ2n) is 6.76. The smallest absolute Gasteiger partial charge is 0.339 e. The number of ether oxygens (including phenoxy) is 2. The van der Waals surface area contributed by atoms with Gasteiger partial charge in [0.15, 0.2) is 0 Å². The van der Waals surface area contributed by atoms with Crippen molar-refractivity contribution < 1.29 is 19.1 Å². The van der Waals surface area contributed by atoms with Crippen LogP contribution in [0, 0.1) is 0 Å². The first-order valence-corrected chi connectivity index (χ1v) is 9.57. The molecule has 5 nitrogen and oxygen atoms in total. The lowest BCUT2D eigenvalue weighted by Crippen LogP contribution is -2.23. The van der Waals surface area contributed by atoms with Crippen molar-refractivity contribution in [2.45, 2.75) is 19.4 Å². The molecule has 0 saturated carbocycles. The fourth-order valence-corrected chi connectivity index (χ4v) is 3.44. The minimum absolute atomic E-state index is 0.254. The molecule has 146 valence electrons. The summed E-state index contributed by atoms with van der Waals surface area (Å²) in [5.41, 5.74) is 3.34. The summed E-state index contributed by atoms with van der Waals surface area (Å²) < 4.78 is 11.1. The Hall–Kier alpha value is -3.60. The minimum atomic E-state index is -0.367. The number of hydrogen-bond acceptors (Lipinski definition) is 4. The first kappa shape index (κ1) is 18.7. The van der Waals surface area contributed by atoms with Gasteiger partial charge in [0.25, 0.3) is 5.91 Å². The average molecular weight is 387 g/mol. The highest BCUT2D eigenvalue weighted by atomic mass is 16.5. The molecule has 5 heteroatoms. The van der Waals surface area contributed by atoms with E-state index in [-0.39, 0.29) is 18.0 Å². The Bertz CT molecular complexity index is 1050. The number of amides is 1. The van der Waals surface area contributed by atoms with Gasteiger partial charge in [-0.05, 0) is 48.4 Å². The lowest BCUT2D eigenvalue weighted by atomic mass is 9.93. The number of carbonyl (C=O) groups is 2. The van der Waals surface area contributed by atoms with Crippen molar-refractivity contribution in [3.8, 4) is 5.75 Å². The highest BCUT2D eigenvalue weighted by Gasteiger charge is 2.28. The van der Waals surface area contributed by atoms with Crippen LogP contribution in [0.2, 0.25) is 0 Å². The van der Waals surface area contributed by atoms with Gasteiger partial charge in [-0.1, -0.05) is 42.5 Å². The van der Waals surface area contributed by atoms with Crippen LogP contribution in [-0.4, -0.2) is 18.5 Å². The lowest BCUT2D eigenvalue weighted by Gasteiger charge is -2.25. The van der Waals surface area contributed by atoms with Crippen molar-refractivity contribution in [1.82, 2.24) is 0 Å².